The van der Waals surface area contributed by atoms with Crippen LogP contribution >= 0.6 is 0 Å². The molecular weight excluding hydrogens is 332 g/mol. The Bertz CT molecular complexity index is 867. The zero-order chi connectivity index (χ0) is 17.9. The van der Waals surface area contributed by atoms with Gasteiger partial charge in [0.2, 0.25) is 5.91 Å². The van der Waals surface area contributed by atoms with Gasteiger partial charge in [0.15, 0.2) is 5.37 Å². The van der Waals surface area contributed by atoms with E-state index in [0.29, 0.717) is 0 Å². The van der Waals surface area contributed by atoms with E-state index in [4.69, 9.17) is 0 Å². The van der Waals surface area contributed by atoms with Crippen molar-refractivity contribution >= 4 is 27.7 Å². The van der Waals surface area contributed by atoms with Gasteiger partial charge in [0, 0.05) is 6.42 Å². The SMILES string of the molecule is CC(C)(C)c1ccc2c(c1)C(=O)N(C1CCC(=O)NS1(=O)=O)C2=O. The molecule has 0 radical (unpaired) electrons. The highest BCUT2D eigenvalue weighted by molar-refractivity contribution is 7.90. The summed E-state index contributed by atoms with van der Waals surface area (Å²) < 4.78 is 26.2. The second kappa shape index (κ2) is 5.14. The quantitative estimate of drug-likeness (QED) is 0.766. The molecule has 0 spiro atoms. The summed E-state index contributed by atoms with van der Waals surface area (Å²) in [5.41, 5.74) is 1.07. The lowest BCUT2D eigenvalue weighted by molar-refractivity contribution is -0.120. The van der Waals surface area contributed by atoms with Crippen molar-refractivity contribution in [2.75, 3.05) is 0 Å². The van der Waals surface area contributed by atoms with Gasteiger partial charge in [0.1, 0.15) is 0 Å². The zero-order valence-corrected chi connectivity index (χ0v) is 14.4. The Hall–Kier alpha value is -2.22. The van der Waals surface area contributed by atoms with Crippen molar-refractivity contribution < 1.29 is 22.8 Å². The average Bonchev–Trinajstić information content (AvgIpc) is 2.70. The normalized spacial score (nSPS) is 23.2. The number of nitrogens with zero attached hydrogens (tertiary/aromatic N) is 1. The summed E-state index contributed by atoms with van der Waals surface area (Å²) in [5, 5.41) is -1.36. The lowest BCUT2D eigenvalue weighted by Gasteiger charge is -2.28. The van der Waals surface area contributed by atoms with Crippen LogP contribution < -0.4 is 4.72 Å². The fourth-order valence-corrected chi connectivity index (χ4v) is 4.40. The first kappa shape index (κ1) is 16.6. The largest absolute Gasteiger partial charge is 0.274 e. The monoisotopic (exact) mass is 350 g/mol. The van der Waals surface area contributed by atoms with Gasteiger partial charge in [0.25, 0.3) is 21.8 Å². The molecule has 1 atom stereocenters. The minimum Gasteiger partial charge on any atom is -0.274 e. The lowest BCUT2D eigenvalue weighted by Crippen LogP contribution is -2.53. The third-order valence-electron chi connectivity index (χ3n) is 4.30. The van der Waals surface area contributed by atoms with Crippen molar-refractivity contribution in [3.8, 4) is 0 Å². The zero-order valence-electron chi connectivity index (χ0n) is 13.6. The van der Waals surface area contributed by atoms with Crippen LogP contribution in [0, 0.1) is 0 Å². The number of sulfonamides is 1. The molecule has 24 heavy (non-hydrogen) atoms. The smallest absolute Gasteiger partial charge is 0.262 e. The van der Waals surface area contributed by atoms with E-state index >= 15 is 0 Å². The summed E-state index contributed by atoms with van der Waals surface area (Å²) in [7, 11) is -4.09. The number of hydrogen-bond donors (Lipinski definition) is 1. The number of carbonyl (C=O) groups is 3. The van der Waals surface area contributed by atoms with Crippen LogP contribution in [-0.2, 0) is 20.2 Å². The second-order valence-electron chi connectivity index (χ2n) is 7.05. The fraction of sp³-hybridized carbons (Fsp3) is 0.438. The number of rotatable bonds is 1. The Morgan fingerprint density at radius 1 is 1.08 bits per heavy atom. The summed E-state index contributed by atoms with van der Waals surface area (Å²) in [6.07, 6.45) is -0.143. The lowest BCUT2D eigenvalue weighted by atomic mass is 9.85. The van der Waals surface area contributed by atoms with Gasteiger partial charge in [0.05, 0.1) is 11.1 Å². The molecule has 2 heterocycles. The van der Waals surface area contributed by atoms with Crippen LogP contribution in [0.2, 0.25) is 0 Å². The van der Waals surface area contributed by atoms with Crippen molar-refractivity contribution in [1.82, 2.24) is 9.62 Å². The molecule has 0 saturated carbocycles. The molecule has 2 aliphatic rings. The standard InChI is InChI=1S/C16H18N2O5S/c1-16(2,3)9-4-5-10-11(8-9)15(21)18(14(10)20)13-7-6-12(19)17-24(13,22)23/h4-5,8,13H,6-7H2,1-3H3,(H,17,19). The van der Waals surface area contributed by atoms with Crippen LogP contribution in [0.15, 0.2) is 18.2 Å². The van der Waals surface area contributed by atoms with Crippen LogP contribution in [-0.4, -0.2) is 36.4 Å². The van der Waals surface area contributed by atoms with Gasteiger partial charge >= 0.3 is 0 Å². The topological polar surface area (TPSA) is 101 Å². The Labute approximate surface area is 140 Å². The maximum absolute atomic E-state index is 12.7. The minimum atomic E-state index is -4.09. The molecule has 1 fully saturated rings. The highest BCUT2D eigenvalue weighted by atomic mass is 32.2. The Morgan fingerprint density at radius 2 is 1.71 bits per heavy atom. The van der Waals surface area contributed by atoms with E-state index in [0.717, 1.165) is 10.5 Å². The van der Waals surface area contributed by atoms with E-state index in [1.807, 2.05) is 25.5 Å². The van der Waals surface area contributed by atoms with E-state index in [9.17, 15) is 22.8 Å². The summed E-state index contributed by atoms with van der Waals surface area (Å²) in [4.78, 5) is 37.3. The highest BCUT2D eigenvalue weighted by Crippen LogP contribution is 2.32. The predicted molar refractivity (Wildman–Crippen MR) is 85.7 cm³/mol. The Balaban J connectivity index is 2.03. The van der Waals surface area contributed by atoms with Gasteiger partial charge < -0.3 is 0 Å². The number of nitrogens with one attached hydrogen (secondary N) is 1. The highest BCUT2D eigenvalue weighted by Gasteiger charge is 2.47. The molecular formula is C16H18N2O5S. The molecule has 8 heteroatoms. The number of benzene rings is 1. The molecule has 1 aromatic carbocycles. The van der Waals surface area contributed by atoms with Crippen LogP contribution in [0.4, 0.5) is 0 Å². The van der Waals surface area contributed by atoms with Crippen molar-refractivity contribution in [2.24, 2.45) is 0 Å². The van der Waals surface area contributed by atoms with Gasteiger partial charge in [-0.25, -0.2) is 8.42 Å². The van der Waals surface area contributed by atoms with Gasteiger partial charge in [-0.05, 0) is 29.5 Å². The van der Waals surface area contributed by atoms with E-state index in [1.165, 1.54) is 0 Å². The molecule has 128 valence electrons. The van der Waals surface area contributed by atoms with Crippen LogP contribution in [0.5, 0.6) is 0 Å². The third-order valence-corrected chi connectivity index (χ3v) is 5.98. The molecule has 7 nitrogen and oxygen atoms in total. The predicted octanol–water partition coefficient (Wildman–Crippen LogP) is 1.15. The van der Waals surface area contributed by atoms with Crippen molar-refractivity contribution in [2.45, 2.75) is 44.4 Å². The molecule has 1 N–H and O–H groups in total. The first-order chi connectivity index (χ1) is 11.0. The maximum Gasteiger partial charge on any atom is 0.262 e. The van der Waals surface area contributed by atoms with Gasteiger partial charge in [-0.3, -0.25) is 24.0 Å². The van der Waals surface area contributed by atoms with Crippen LogP contribution in [0.25, 0.3) is 0 Å². The van der Waals surface area contributed by atoms with Gasteiger partial charge in [-0.15, -0.1) is 0 Å². The first-order valence-corrected chi connectivity index (χ1v) is 9.14. The second-order valence-corrected chi connectivity index (χ2v) is 8.89. The molecule has 2 aliphatic heterocycles. The molecule has 3 amide bonds. The minimum absolute atomic E-state index is 0.0510. The van der Waals surface area contributed by atoms with E-state index in [-0.39, 0.29) is 29.4 Å². The van der Waals surface area contributed by atoms with Crippen molar-refractivity contribution in [1.29, 1.82) is 0 Å². The molecule has 0 aromatic heterocycles. The number of imide groups is 1. The average molecular weight is 350 g/mol. The number of hydrogen-bond acceptors (Lipinski definition) is 5. The third kappa shape index (κ3) is 2.50. The van der Waals surface area contributed by atoms with E-state index < -0.39 is 33.1 Å². The van der Waals surface area contributed by atoms with E-state index in [1.54, 1.807) is 18.2 Å². The summed E-state index contributed by atoms with van der Waals surface area (Å²) in [5.74, 6) is -1.90. The summed E-state index contributed by atoms with van der Waals surface area (Å²) in [6, 6.07) is 4.97. The number of carbonyl (C=O) groups excluding carboxylic acids is 3. The Morgan fingerprint density at radius 3 is 2.29 bits per heavy atom. The number of fused-ring (bicyclic) bond motifs is 1. The van der Waals surface area contributed by atoms with Gasteiger partial charge in [-0.2, -0.15) is 0 Å². The Kier molecular flexibility index (Phi) is 3.56. The van der Waals surface area contributed by atoms with E-state index in [2.05, 4.69) is 0 Å². The number of amides is 3. The summed E-state index contributed by atoms with van der Waals surface area (Å²) >= 11 is 0. The van der Waals surface area contributed by atoms with Crippen molar-refractivity contribution in [3.63, 3.8) is 0 Å². The van der Waals surface area contributed by atoms with Crippen molar-refractivity contribution in [3.05, 3.63) is 34.9 Å². The fourth-order valence-electron chi connectivity index (χ4n) is 2.94. The van der Waals surface area contributed by atoms with Crippen LogP contribution in [0.1, 0.15) is 59.9 Å². The molecule has 3 rings (SSSR count). The molecule has 0 aliphatic carbocycles. The molecule has 1 saturated heterocycles. The molecule has 1 aromatic rings. The van der Waals surface area contributed by atoms with Gasteiger partial charge in [-0.1, -0.05) is 26.8 Å². The maximum atomic E-state index is 12.7. The molecule has 1 unspecified atom stereocenters. The molecule has 0 bridgehead atoms. The summed E-state index contributed by atoms with van der Waals surface area (Å²) in [6.45, 7) is 5.94. The van der Waals surface area contributed by atoms with Crippen LogP contribution in [0.3, 0.4) is 0 Å². The first-order valence-electron chi connectivity index (χ1n) is 7.59.